The summed E-state index contributed by atoms with van der Waals surface area (Å²) in [4.78, 5) is 0. The van der Waals surface area contributed by atoms with Crippen molar-refractivity contribution in [1.29, 1.82) is 0 Å². The van der Waals surface area contributed by atoms with Gasteiger partial charge >= 0.3 is 0 Å². The molecule has 0 N–H and O–H groups in total. The van der Waals surface area contributed by atoms with Crippen molar-refractivity contribution in [3.8, 4) is 0 Å². The Hall–Kier alpha value is -4.52. The lowest BCUT2D eigenvalue weighted by atomic mass is 9.92. The maximum atomic E-state index is 6.63. The molecule has 9 heteroatoms. The molecule has 8 aromatic carbocycles. The predicted octanol–water partition coefficient (Wildman–Crippen LogP) is 9.08. The predicted molar refractivity (Wildman–Crippen MR) is 233 cm³/mol. The Balaban J connectivity index is 0.832. The first kappa shape index (κ1) is 39.9. The molecule has 0 saturated carbocycles. The average Bonchev–Trinajstić information content (AvgIpc) is 3.27. The molecular formula is C50H52O9. The first-order valence-corrected chi connectivity index (χ1v) is 20.8. The summed E-state index contributed by atoms with van der Waals surface area (Å²) in [5.41, 5.74) is 1.42. The summed E-state index contributed by atoms with van der Waals surface area (Å²) in [7, 11) is 0. The Labute approximate surface area is 344 Å². The summed E-state index contributed by atoms with van der Waals surface area (Å²) in [6, 6.07) is 39.4. The lowest BCUT2D eigenvalue weighted by Gasteiger charge is -2.33. The Kier molecular flexibility index (Phi) is 13.0. The molecule has 9 rings (SSSR count). The number of benzene rings is 8. The van der Waals surface area contributed by atoms with Crippen LogP contribution in [0.3, 0.4) is 0 Å². The zero-order valence-electron chi connectivity index (χ0n) is 33.6. The van der Waals surface area contributed by atoms with Crippen LogP contribution in [-0.2, 0) is 55.8 Å². The molecule has 0 bridgehead atoms. The quantitative estimate of drug-likeness (QED) is 0.0839. The number of hydrogen-bond donors (Lipinski definition) is 0. The minimum atomic E-state index is -0.886. The number of ether oxygens (including phenoxy) is 9. The van der Waals surface area contributed by atoms with Crippen molar-refractivity contribution < 1.29 is 42.6 Å². The van der Waals surface area contributed by atoms with Crippen LogP contribution in [0.5, 0.6) is 0 Å². The van der Waals surface area contributed by atoms with Crippen LogP contribution >= 0.6 is 0 Å². The molecule has 1 saturated heterocycles. The van der Waals surface area contributed by atoms with Gasteiger partial charge in [0.15, 0.2) is 0 Å². The lowest BCUT2D eigenvalue weighted by molar-refractivity contribution is -0.179. The normalized spacial score (nSPS) is 16.7. The first-order chi connectivity index (χ1) is 29.3. The molecule has 9 nitrogen and oxygen atoms in total. The molecule has 0 atom stereocenters. The molecular weight excluding hydrogens is 745 g/mol. The smallest absolute Gasteiger partial charge is 0.138 e. The first-order valence-electron chi connectivity index (χ1n) is 20.8. The second kappa shape index (κ2) is 19.2. The van der Waals surface area contributed by atoms with Crippen LogP contribution in [0.2, 0.25) is 0 Å². The van der Waals surface area contributed by atoms with E-state index in [2.05, 4.69) is 109 Å². The molecule has 0 spiro atoms. The minimum absolute atomic E-state index is 0.250. The van der Waals surface area contributed by atoms with Crippen LogP contribution in [0, 0.1) is 0 Å². The van der Waals surface area contributed by atoms with Crippen molar-refractivity contribution in [2.24, 2.45) is 0 Å². The second-order valence-electron chi connectivity index (χ2n) is 15.3. The topological polar surface area (TPSA) is 83.1 Å². The van der Waals surface area contributed by atoms with Gasteiger partial charge in [0.25, 0.3) is 0 Å². The van der Waals surface area contributed by atoms with E-state index in [-0.39, 0.29) is 19.8 Å². The van der Waals surface area contributed by atoms with Gasteiger partial charge in [-0.25, -0.2) is 0 Å². The highest BCUT2D eigenvalue weighted by atomic mass is 16.6. The van der Waals surface area contributed by atoms with Crippen LogP contribution in [-0.4, -0.2) is 105 Å². The van der Waals surface area contributed by atoms with Crippen LogP contribution in [0.1, 0.15) is 11.1 Å². The van der Waals surface area contributed by atoms with Gasteiger partial charge in [-0.3, -0.25) is 0 Å². The van der Waals surface area contributed by atoms with Crippen molar-refractivity contribution in [3.63, 3.8) is 0 Å². The lowest BCUT2D eigenvalue weighted by Crippen LogP contribution is -2.48. The molecule has 0 unspecified atom stereocenters. The van der Waals surface area contributed by atoms with E-state index in [0.29, 0.717) is 92.5 Å². The molecule has 0 radical (unpaired) electrons. The van der Waals surface area contributed by atoms with E-state index < -0.39 is 5.60 Å². The van der Waals surface area contributed by atoms with Gasteiger partial charge in [0.2, 0.25) is 0 Å². The highest BCUT2D eigenvalue weighted by Gasteiger charge is 2.33. The van der Waals surface area contributed by atoms with Gasteiger partial charge in [-0.15, -0.1) is 0 Å². The Morgan fingerprint density at radius 1 is 0.373 bits per heavy atom. The van der Waals surface area contributed by atoms with E-state index in [1.54, 1.807) is 0 Å². The largest absolute Gasteiger partial charge is 0.377 e. The van der Waals surface area contributed by atoms with Crippen molar-refractivity contribution in [1.82, 2.24) is 0 Å². The third kappa shape index (κ3) is 9.15. The molecule has 0 amide bonds. The molecule has 1 aliphatic rings. The van der Waals surface area contributed by atoms with E-state index in [1.807, 2.05) is 0 Å². The fourth-order valence-electron chi connectivity index (χ4n) is 8.44. The zero-order valence-corrected chi connectivity index (χ0v) is 33.6. The Bertz CT molecular complexity index is 2520. The van der Waals surface area contributed by atoms with E-state index in [9.17, 15) is 0 Å². The maximum absolute atomic E-state index is 6.63. The SMILES string of the molecule is c1cc2ccc3ccc(COCCOCC4(OCCOCc5ccc6ccc7cccc8ccc5c6c78)COCCOCCOCCOCCOC4)c4ccc(c1)c2c34. The highest BCUT2D eigenvalue weighted by Crippen LogP contribution is 2.37. The summed E-state index contributed by atoms with van der Waals surface area (Å²) >= 11 is 0. The third-order valence-corrected chi connectivity index (χ3v) is 11.3. The molecule has 1 heterocycles. The van der Waals surface area contributed by atoms with Gasteiger partial charge in [-0.1, -0.05) is 109 Å². The number of hydrogen-bond acceptors (Lipinski definition) is 9. The monoisotopic (exact) mass is 796 g/mol. The fourth-order valence-corrected chi connectivity index (χ4v) is 8.44. The van der Waals surface area contributed by atoms with Gasteiger partial charge < -0.3 is 42.6 Å². The van der Waals surface area contributed by atoms with Gasteiger partial charge in [-0.2, -0.15) is 0 Å². The molecule has 0 aromatic heterocycles. The summed E-state index contributed by atoms with van der Waals surface area (Å²) < 4.78 is 54.7. The van der Waals surface area contributed by atoms with Gasteiger partial charge in [-0.05, 0) is 75.8 Å². The van der Waals surface area contributed by atoms with Gasteiger partial charge in [0, 0.05) is 0 Å². The van der Waals surface area contributed by atoms with E-state index in [4.69, 9.17) is 42.6 Å². The van der Waals surface area contributed by atoms with Crippen LogP contribution in [0.4, 0.5) is 0 Å². The molecule has 306 valence electrons. The van der Waals surface area contributed by atoms with E-state index in [0.717, 1.165) is 11.1 Å². The Morgan fingerprint density at radius 3 is 1.22 bits per heavy atom. The van der Waals surface area contributed by atoms with Gasteiger partial charge in [0.05, 0.1) is 112 Å². The highest BCUT2D eigenvalue weighted by molar-refractivity contribution is 6.24. The van der Waals surface area contributed by atoms with E-state index in [1.165, 1.54) is 64.6 Å². The third-order valence-electron chi connectivity index (χ3n) is 11.3. The van der Waals surface area contributed by atoms with Crippen molar-refractivity contribution in [2.75, 3.05) is 99.1 Å². The molecule has 1 fully saturated rings. The van der Waals surface area contributed by atoms with Crippen LogP contribution in [0.15, 0.2) is 109 Å². The van der Waals surface area contributed by atoms with Crippen molar-refractivity contribution >= 4 is 64.6 Å². The number of rotatable bonds is 13. The summed E-state index contributed by atoms with van der Waals surface area (Å²) in [6.45, 7) is 6.94. The molecule has 0 aliphatic carbocycles. The zero-order chi connectivity index (χ0) is 39.7. The van der Waals surface area contributed by atoms with Crippen molar-refractivity contribution in [3.05, 3.63) is 120 Å². The fraction of sp³-hybridized carbons (Fsp3) is 0.360. The van der Waals surface area contributed by atoms with E-state index >= 15 is 0 Å². The van der Waals surface area contributed by atoms with Gasteiger partial charge in [0.1, 0.15) is 5.60 Å². The minimum Gasteiger partial charge on any atom is -0.377 e. The summed E-state index contributed by atoms with van der Waals surface area (Å²) in [5, 5.41) is 15.1. The molecule has 59 heavy (non-hydrogen) atoms. The molecule has 8 aromatic rings. The second-order valence-corrected chi connectivity index (χ2v) is 15.3. The van der Waals surface area contributed by atoms with Crippen molar-refractivity contribution in [2.45, 2.75) is 18.8 Å². The summed E-state index contributed by atoms with van der Waals surface area (Å²) in [5.74, 6) is 0. The van der Waals surface area contributed by atoms with Crippen LogP contribution < -0.4 is 0 Å². The summed E-state index contributed by atoms with van der Waals surface area (Å²) in [6.07, 6.45) is 0. The van der Waals surface area contributed by atoms with Crippen LogP contribution in [0.25, 0.3) is 64.6 Å². The average molecular weight is 797 g/mol. The Morgan fingerprint density at radius 2 is 0.746 bits per heavy atom. The maximum Gasteiger partial charge on any atom is 0.138 e. The standard InChI is InChI=1S/C50H52O9/c1-3-36-7-9-40-11-13-42(44-17-15-38(5-1)46(36)48(40)44)31-54-25-28-58-35-50(33-56-26-23-52-21-19-51-20-22-53-24-27-57-34-50)59-30-29-55-32-43-14-12-41-10-8-37-4-2-6-39-16-18-45(43)49(41)47(37)39/h1-18H,19-35H2. The molecule has 1 aliphatic heterocycles.